The van der Waals surface area contributed by atoms with Crippen LogP contribution in [-0.2, 0) is 4.74 Å². The molecule has 0 atom stereocenters. The Hall–Kier alpha value is -5.37. The number of hydrogen-bond acceptors (Lipinski definition) is 7. The minimum atomic E-state index is -0.810. The van der Waals surface area contributed by atoms with Crippen molar-refractivity contribution in [2.45, 2.75) is 20.8 Å². The molecule has 0 fully saturated rings. The molecule has 4 aromatic carbocycles. The molecule has 0 aromatic heterocycles. The van der Waals surface area contributed by atoms with E-state index in [0.29, 0.717) is 11.3 Å². The van der Waals surface area contributed by atoms with Gasteiger partial charge in [-0.15, -0.1) is 0 Å². The smallest absolute Gasteiger partial charge is 0.343 e. The highest BCUT2D eigenvalue weighted by atomic mass is 16.5. The van der Waals surface area contributed by atoms with Gasteiger partial charge in [-0.2, -0.15) is 0 Å². The Labute approximate surface area is 236 Å². The van der Waals surface area contributed by atoms with Crippen molar-refractivity contribution in [1.29, 1.82) is 0 Å². The number of carbonyl (C=O) groups is 5. The van der Waals surface area contributed by atoms with Crippen LogP contribution in [0.1, 0.15) is 68.5 Å². The van der Waals surface area contributed by atoms with Gasteiger partial charge in [0.25, 0.3) is 11.8 Å². The van der Waals surface area contributed by atoms with Crippen molar-refractivity contribution in [2.75, 3.05) is 11.5 Å². The summed E-state index contributed by atoms with van der Waals surface area (Å²) in [5.74, 6) is -2.54. The fourth-order valence-corrected chi connectivity index (χ4v) is 4.59. The topological polar surface area (TPSA) is 107 Å². The fraction of sp³-hybridized carbons (Fsp3) is 0.121. The quantitative estimate of drug-likeness (QED) is 0.127. The van der Waals surface area contributed by atoms with Crippen LogP contribution in [0.15, 0.2) is 84.9 Å². The third kappa shape index (κ3) is 5.40. The van der Waals surface area contributed by atoms with E-state index in [1.165, 1.54) is 42.5 Å². The maximum absolute atomic E-state index is 13.2. The van der Waals surface area contributed by atoms with Gasteiger partial charge in [0.15, 0.2) is 12.4 Å². The number of Topliss-reactive ketones (excluding diaryl/α,β-unsaturated/α-hetero) is 1. The van der Waals surface area contributed by atoms with E-state index in [2.05, 4.69) is 0 Å². The molecule has 1 heterocycles. The molecular formula is C33H25NO7. The van der Waals surface area contributed by atoms with Gasteiger partial charge in [0.2, 0.25) is 0 Å². The molecule has 0 saturated carbocycles. The van der Waals surface area contributed by atoms with Gasteiger partial charge >= 0.3 is 11.9 Å². The predicted molar refractivity (Wildman–Crippen MR) is 151 cm³/mol. The molecule has 0 radical (unpaired) electrons. The minimum absolute atomic E-state index is 0.0411. The third-order valence-corrected chi connectivity index (χ3v) is 6.79. The first-order chi connectivity index (χ1) is 19.6. The second-order valence-corrected chi connectivity index (χ2v) is 9.73. The average Bonchev–Trinajstić information content (AvgIpc) is 3.21. The first-order valence-corrected chi connectivity index (χ1v) is 12.8. The number of nitrogens with zero attached hydrogens (tertiary/aromatic N) is 1. The molecule has 8 heteroatoms. The zero-order chi connectivity index (χ0) is 29.3. The number of anilines is 1. The summed E-state index contributed by atoms with van der Waals surface area (Å²) in [7, 11) is 0. The molecule has 0 unspecified atom stereocenters. The van der Waals surface area contributed by atoms with Gasteiger partial charge in [-0.1, -0.05) is 35.9 Å². The number of carbonyl (C=O) groups excluding carboxylic acids is 5. The molecule has 8 nitrogen and oxygen atoms in total. The van der Waals surface area contributed by atoms with E-state index >= 15 is 0 Å². The second-order valence-electron chi connectivity index (χ2n) is 9.73. The largest absolute Gasteiger partial charge is 0.454 e. The summed E-state index contributed by atoms with van der Waals surface area (Å²) in [6.45, 7) is 5.01. The summed E-state index contributed by atoms with van der Waals surface area (Å²) in [4.78, 5) is 65.0. The predicted octanol–water partition coefficient (Wildman–Crippen LogP) is 5.67. The monoisotopic (exact) mass is 547 g/mol. The normalized spacial score (nSPS) is 12.2. The van der Waals surface area contributed by atoms with Crippen LogP contribution in [0.3, 0.4) is 0 Å². The molecule has 0 bridgehead atoms. The zero-order valence-corrected chi connectivity index (χ0v) is 22.6. The number of esters is 2. The van der Waals surface area contributed by atoms with Crippen molar-refractivity contribution in [3.63, 3.8) is 0 Å². The van der Waals surface area contributed by atoms with E-state index in [-0.39, 0.29) is 28.0 Å². The molecule has 0 aliphatic carbocycles. The van der Waals surface area contributed by atoms with Crippen LogP contribution in [0.25, 0.3) is 0 Å². The molecule has 0 saturated heterocycles. The van der Waals surface area contributed by atoms with Gasteiger partial charge in [0.05, 0.1) is 27.9 Å². The van der Waals surface area contributed by atoms with E-state index in [0.717, 1.165) is 21.6 Å². The zero-order valence-electron chi connectivity index (χ0n) is 22.6. The lowest BCUT2D eigenvalue weighted by atomic mass is 10.1. The Bertz CT molecular complexity index is 1700. The molecule has 4 aromatic rings. The van der Waals surface area contributed by atoms with Gasteiger partial charge in [0.1, 0.15) is 5.75 Å². The van der Waals surface area contributed by atoms with Crippen molar-refractivity contribution in [2.24, 2.45) is 0 Å². The maximum Gasteiger partial charge on any atom is 0.343 e. The van der Waals surface area contributed by atoms with Crippen LogP contribution in [0.5, 0.6) is 5.75 Å². The molecule has 2 amide bonds. The highest BCUT2D eigenvalue weighted by Crippen LogP contribution is 2.33. The minimum Gasteiger partial charge on any atom is -0.454 e. The lowest BCUT2D eigenvalue weighted by Gasteiger charge is -2.19. The van der Waals surface area contributed by atoms with Crippen LogP contribution in [0.4, 0.5) is 5.69 Å². The molecule has 0 N–H and O–H groups in total. The third-order valence-electron chi connectivity index (χ3n) is 6.79. The van der Waals surface area contributed by atoms with Crippen LogP contribution in [0.2, 0.25) is 0 Å². The summed E-state index contributed by atoms with van der Waals surface area (Å²) in [6.07, 6.45) is 0. The van der Waals surface area contributed by atoms with Crippen molar-refractivity contribution in [1.82, 2.24) is 0 Å². The molecule has 1 aliphatic heterocycles. The molecule has 5 rings (SSSR count). The summed E-state index contributed by atoms with van der Waals surface area (Å²) < 4.78 is 10.5. The number of imide groups is 1. The van der Waals surface area contributed by atoms with Crippen LogP contribution in [0, 0.1) is 20.8 Å². The number of hydrogen-bond donors (Lipinski definition) is 0. The molecule has 204 valence electrons. The van der Waals surface area contributed by atoms with E-state index in [1.54, 1.807) is 24.3 Å². The van der Waals surface area contributed by atoms with E-state index in [9.17, 15) is 24.0 Å². The number of amides is 2. The van der Waals surface area contributed by atoms with Gasteiger partial charge < -0.3 is 9.47 Å². The van der Waals surface area contributed by atoms with E-state index in [1.807, 2.05) is 39.0 Å². The van der Waals surface area contributed by atoms with Crippen molar-refractivity contribution in [3.05, 3.63) is 129 Å². The summed E-state index contributed by atoms with van der Waals surface area (Å²) in [6, 6.07) is 22.4. The number of fused-ring (bicyclic) bond motifs is 1. The lowest BCUT2D eigenvalue weighted by Crippen LogP contribution is -2.30. The van der Waals surface area contributed by atoms with Gasteiger partial charge in [-0.25, -0.2) is 14.5 Å². The molecule has 41 heavy (non-hydrogen) atoms. The molecule has 0 spiro atoms. The van der Waals surface area contributed by atoms with Crippen molar-refractivity contribution < 1.29 is 33.4 Å². The number of rotatable bonds is 7. The summed E-state index contributed by atoms with van der Waals surface area (Å²) in [5, 5.41) is 0. The average molecular weight is 548 g/mol. The van der Waals surface area contributed by atoms with Gasteiger partial charge in [-0.3, -0.25) is 14.4 Å². The van der Waals surface area contributed by atoms with Crippen molar-refractivity contribution >= 4 is 35.2 Å². The van der Waals surface area contributed by atoms with Gasteiger partial charge in [0, 0.05) is 5.56 Å². The Morgan fingerprint density at radius 1 is 0.659 bits per heavy atom. The number of benzene rings is 4. The number of ether oxygens (including phenoxy) is 2. The number of aryl methyl sites for hydroxylation is 3. The summed E-state index contributed by atoms with van der Waals surface area (Å²) >= 11 is 0. The van der Waals surface area contributed by atoms with E-state index < -0.39 is 36.1 Å². The van der Waals surface area contributed by atoms with Crippen LogP contribution < -0.4 is 9.64 Å². The standard InChI is InChI=1S/C33H25NO7/c1-19-7-9-23(10-8-19)33(39)41-25-14-11-22(12-15-25)28(35)18-40-32(38)24-13-16-26-27(17-24)31(37)34(30(26)36)29-20(2)5-4-6-21(29)3/h4-17H,18H2,1-3H3. The van der Waals surface area contributed by atoms with Gasteiger partial charge in [-0.05, 0) is 86.5 Å². The van der Waals surface area contributed by atoms with E-state index in [4.69, 9.17) is 9.47 Å². The Morgan fingerprint density at radius 2 is 1.24 bits per heavy atom. The van der Waals surface area contributed by atoms with Crippen LogP contribution in [-0.4, -0.2) is 36.1 Å². The Balaban J connectivity index is 1.22. The lowest BCUT2D eigenvalue weighted by molar-refractivity contribution is 0.0474. The number of ketones is 1. The summed E-state index contributed by atoms with van der Waals surface area (Å²) in [5.41, 5.74) is 4.06. The second kappa shape index (κ2) is 11.0. The van der Waals surface area contributed by atoms with Crippen molar-refractivity contribution in [3.8, 4) is 5.75 Å². The Morgan fingerprint density at radius 3 is 1.90 bits per heavy atom. The highest BCUT2D eigenvalue weighted by Gasteiger charge is 2.38. The Kier molecular flexibility index (Phi) is 7.31. The molecule has 1 aliphatic rings. The fourth-order valence-electron chi connectivity index (χ4n) is 4.59. The SMILES string of the molecule is Cc1ccc(C(=O)Oc2ccc(C(=O)COC(=O)c3ccc4c(c3)C(=O)N(c3c(C)cccc3C)C4=O)cc2)cc1. The number of para-hydroxylation sites is 1. The maximum atomic E-state index is 13.2. The van der Waals surface area contributed by atoms with Crippen LogP contribution >= 0.6 is 0 Å². The highest BCUT2D eigenvalue weighted by molar-refractivity contribution is 6.35. The first-order valence-electron chi connectivity index (χ1n) is 12.8. The first kappa shape index (κ1) is 27.2. The molecular weight excluding hydrogens is 522 g/mol.